The van der Waals surface area contributed by atoms with Gasteiger partial charge in [-0.05, 0) is 12.0 Å². The molecule has 20 heavy (non-hydrogen) atoms. The van der Waals surface area contributed by atoms with E-state index in [0.717, 1.165) is 5.56 Å². The largest absolute Gasteiger partial charge is 0.436 e. The van der Waals surface area contributed by atoms with Crippen molar-refractivity contribution in [3.63, 3.8) is 0 Å². The first-order valence-electron chi connectivity index (χ1n) is 6.01. The van der Waals surface area contributed by atoms with Gasteiger partial charge in [-0.25, -0.2) is 0 Å². The lowest BCUT2D eigenvalue weighted by molar-refractivity contribution is -0.0966. The highest BCUT2D eigenvalue weighted by Crippen LogP contribution is 2.32. The Balaban J connectivity index is 2.16. The SMILES string of the molecule is CCC(NC1=N[N]C(C(F)(F)F)=C1Cl)c1ccccc1. The highest BCUT2D eigenvalue weighted by atomic mass is 35.5. The van der Waals surface area contributed by atoms with Gasteiger partial charge < -0.3 is 5.32 Å². The van der Waals surface area contributed by atoms with Gasteiger partial charge in [-0.1, -0.05) is 48.9 Å². The lowest BCUT2D eigenvalue weighted by atomic mass is 10.0. The van der Waals surface area contributed by atoms with E-state index in [1.165, 1.54) is 0 Å². The molecule has 1 unspecified atom stereocenters. The summed E-state index contributed by atoms with van der Waals surface area (Å²) in [6.45, 7) is 1.92. The maximum absolute atomic E-state index is 12.6. The molecule has 1 aromatic carbocycles. The van der Waals surface area contributed by atoms with Gasteiger partial charge in [0.15, 0.2) is 11.5 Å². The molecular weight excluding hydrogens is 291 g/mol. The second-order valence-corrected chi connectivity index (χ2v) is 4.60. The number of nitrogens with one attached hydrogen (secondary N) is 1. The second-order valence-electron chi connectivity index (χ2n) is 4.22. The van der Waals surface area contributed by atoms with Crippen LogP contribution >= 0.6 is 11.6 Å². The van der Waals surface area contributed by atoms with Crippen LogP contribution in [0.3, 0.4) is 0 Å². The second kappa shape index (κ2) is 5.75. The molecule has 1 aromatic rings. The van der Waals surface area contributed by atoms with Crippen LogP contribution in [0.25, 0.3) is 0 Å². The van der Waals surface area contributed by atoms with E-state index < -0.39 is 16.9 Å². The van der Waals surface area contributed by atoms with Gasteiger partial charge >= 0.3 is 6.18 Å². The van der Waals surface area contributed by atoms with Crippen LogP contribution < -0.4 is 10.7 Å². The van der Waals surface area contributed by atoms with Crippen LogP contribution in [0.15, 0.2) is 46.2 Å². The highest BCUT2D eigenvalue weighted by molar-refractivity contribution is 6.44. The molecule has 7 heteroatoms. The number of hydrogen-bond acceptors (Lipinski definition) is 2. The van der Waals surface area contributed by atoms with Gasteiger partial charge in [0.1, 0.15) is 5.03 Å². The van der Waals surface area contributed by atoms with Gasteiger partial charge in [-0.15, -0.1) is 10.5 Å². The Morgan fingerprint density at radius 1 is 1.25 bits per heavy atom. The quantitative estimate of drug-likeness (QED) is 0.909. The van der Waals surface area contributed by atoms with Crippen molar-refractivity contribution in [2.75, 3.05) is 0 Å². The first-order valence-corrected chi connectivity index (χ1v) is 6.38. The molecular formula is C13H12ClF3N3. The molecule has 107 valence electrons. The Bertz CT molecular complexity index is 538. The van der Waals surface area contributed by atoms with Crippen LogP contribution in [0, 0.1) is 0 Å². The smallest absolute Gasteiger partial charge is 0.360 e. The monoisotopic (exact) mass is 302 g/mol. The van der Waals surface area contributed by atoms with Crippen molar-refractivity contribution in [3.05, 3.63) is 46.6 Å². The van der Waals surface area contributed by atoms with Crippen LogP contribution in [-0.2, 0) is 0 Å². The van der Waals surface area contributed by atoms with E-state index in [0.29, 0.717) is 6.42 Å². The number of amidine groups is 1. The van der Waals surface area contributed by atoms with E-state index in [2.05, 4.69) is 15.8 Å². The van der Waals surface area contributed by atoms with Gasteiger partial charge in [0.05, 0.1) is 6.04 Å². The Kier molecular flexibility index (Phi) is 4.23. The molecule has 0 saturated carbocycles. The summed E-state index contributed by atoms with van der Waals surface area (Å²) in [7, 11) is 0. The summed E-state index contributed by atoms with van der Waals surface area (Å²) in [5, 5.41) is 5.89. The standard InChI is InChI=1S/C13H12ClF3N3/c1-2-9(8-6-4-3-5-7-8)18-12-10(14)11(19-20-12)13(15,16)17/h3-7,9H,2H2,1H3,(H,18,20). The average Bonchev–Trinajstić information content (AvgIpc) is 2.78. The van der Waals surface area contributed by atoms with Crippen molar-refractivity contribution in [1.82, 2.24) is 10.7 Å². The molecule has 0 saturated heterocycles. The normalized spacial score (nSPS) is 16.8. The van der Waals surface area contributed by atoms with Gasteiger partial charge in [0.25, 0.3) is 0 Å². The van der Waals surface area contributed by atoms with Crippen molar-refractivity contribution in [2.45, 2.75) is 25.6 Å². The van der Waals surface area contributed by atoms with Crippen LogP contribution in [0.2, 0.25) is 0 Å². The van der Waals surface area contributed by atoms with E-state index in [9.17, 15) is 13.2 Å². The predicted molar refractivity (Wildman–Crippen MR) is 71.1 cm³/mol. The molecule has 0 amide bonds. The van der Waals surface area contributed by atoms with Crippen molar-refractivity contribution >= 4 is 17.4 Å². The third kappa shape index (κ3) is 3.07. The minimum absolute atomic E-state index is 0.0466. The molecule has 1 radical (unpaired) electrons. The fourth-order valence-corrected chi connectivity index (χ4v) is 2.08. The zero-order valence-electron chi connectivity index (χ0n) is 10.6. The van der Waals surface area contributed by atoms with E-state index >= 15 is 0 Å². The minimum atomic E-state index is -4.60. The third-order valence-electron chi connectivity index (χ3n) is 2.86. The van der Waals surface area contributed by atoms with Crippen molar-refractivity contribution < 1.29 is 13.2 Å². The summed E-state index contributed by atoms with van der Waals surface area (Å²) in [6, 6.07) is 9.18. The summed E-state index contributed by atoms with van der Waals surface area (Å²) < 4.78 is 37.8. The molecule has 1 aliphatic rings. The van der Waals surface area contributed by atoms with Gasteiger partial charge in [0, 0.05) is 0 Å². The van der Waals surface area contributed by atoms with E-state index in [1.807, 2.05) is 37.3 Å². The molecule has 3 nitrogen and oxygen atoms in total. The molecule has 0 spiro atoms. The van der Waals surface area contributed by atoms with Gasteiger partial charge in [-0.2, -0.15) is 13.2 Å². The van der Waals surface area contributed by atoms with E-state index in [-0.39, 0.29) is 11.9 Å². The molecule has 1 heterocycles. The molecule has 1 N–H and O–H groups in total. The van der Waals surface area contributed by atoms with Crippen molar-refractivity contribution in [1.29, 1.82) is 0 Å². The van der Waals surface area contributed by atoms with E-state index in [4.69, 9.17) is 11.6 Å². The molecule has 0 aromatic heterocycles. The highest BCUT2D eigenvalue weighted by Gasteiger charge is 2.42. The number of halogens is 4. The van der Waals surface area contributed by atoms with Crippen molar-refractivity contribution in [2.24, 2.45) is 5.10 Å². The lowest BCUT2D eigenvalue weighted by Gasteiger charge is -2.18. The number of benzene rings is 1. The van der Waals surface area contributed by atoms with Crippen LogP contribution in [-0.4, -0.2) is 12.0 Å². The minimum Gasteiger partial charge on any atom is -0.360 e. The Labute approximate surface area is 119 Å². The molecule has 0 bridgehead atoms. The summed E-state index contributed by atoms with van der Waals surface area (Å²) in [4.78, 5) is 0. The Morgan fingerprint density at radius 2 is 1.90 bits per heavy atom. The summed E-state index contributed by atoms with van der Waals surface area (Å²) in [6.07, 6.45) is -3.92. The zero-order valence-corrected chi connectivity index (χ0v) is 11.3. The molecule has 1 aliphatic heterocycles. The number of alkyl halides is 3. The summed E-state index contributed by atoms with van der Waals surface area (Å²) in [5.41, 5.74) is 2.88. The molecule has 1 atom stereocenters. The molecule has 0 fully saturated rings. The maximum atomic E-state index is 12.6. The van der Waals surface area contributed by atoms with Crippen LogP contribution in [0.1, 0.15) is 24.9 Å². The van der Waals surface area contributed by atoms with E-state index in [1.54, 1.807) is 0 Å². The Hall–Kier alpha value is -1.69. The van der Waals surface area contributed by atoms with Crippen LogP contribution in [0.5, 0.6) is 0 Å². The molecule has 0 aliphatic carbocycles. The third-order valence-corrected chi connectivity index (χ3v) is 3.21. The van der Waals surface area contributed by atoms with Gasteiger partial charge in [0.2, 0.25) is 0 Å². The topological polar surface area (TPSA) is 38.5 Å². The summed E-state index contributed by atoms with van der Waals surface area (Å²) >= 11 is 5.69. The Morgan fingerprint density at radius 3 is 2.40 bits per heavy atom. The van der Waals surface area contributed by atoms with Gasteiger partial charge in [-0.3, -0.25) is 0 Å². The number of hydrogen-bond donors (Lipinski definition) is 1. The fraction of sp³-hybridized carbons (Fsp3) is 0.308. The van der Waals surface area contributed by atoms with Crippen molar-refractivity contribution in [3.8, 4) is 0 Å². The number of allylic oxidation sites excluding steroid dienone is 1. The number of nitrogens with zero attached hydrogens (tertiary/aromatic N) is 2. The molecule has 2 rings (SSSR count). The first kappa shape index (κ1) is 14.7. The maximum Gasteiger partial charge on any atom is 0.436 e. The fourth-order valence-electron chi connectivity index (χ4n) is 1.84. The lowest BCUT2D eigenvalue weighted by Crippen LogP contribution is -2.28. The first-order chi connectivity index (χ1) is 9.43. The summed E-state index contributed by atoms with van der Waals surface area (Å²) in [5.74, 6) is -0.0466. The zero-order chi connectivity index (χ0) is 14.8. The average molecular weight is 303 g/mol. The predicted octanol–water partition coefficient (Wildman–Crippen LogP) is 3.67. The van der Waals surface area contributed by atoms with Crippen LogP contribution in [0.4, 0.5) is 13.2 Å². The number of rotatable bonds is 3.